The second-order valence-electron chi connectivity index (χ2n) is 6.12. The Kier molecular flexibility index (Phi) is 5.29. The normalized spacial score (nSPS) is 23.4. The van der Waals surface area contributed by atoms with E-state index in [4.69, 9.17) is 9.57 Å². The van der Waals surface area contributed by atoms with E-state index >= 15 is 0 Å². The van der Waals surface area contributed by atoms with Crippen LogP contribution < -0.4 is 4.74 Å². The predicted molar refractivity (Wildman–Crippen MR) is 98.4 cm³/mol. The quantitative estimate of drug-likeness (QED) is 0.342. The smallest absolute Gasteiger partial charge is 0.308 e. The number of esters is 1. The lowest BCUT2D eigenvalue weighted by atomic mass is 9.91. The van der Waals surface area contributed by atoms with Crippen molar-refractivity contribution in [2.75, 3.05) is 7.11 Å². The van der Waals surface area contributed by atoms with Gasteiger partial charge in [-0.1, -0.05) is 24.2 Å². The molecule has 5 heteroatoms. The molecule has 1 aromatic rings. The minimum Gasteiger partial charge on any atom is -0.427 e. The molecule has 128 valence electrons. The highest BCUT2D eigenvalue weighted by atomic mass is 32.2. The molecule has 0 radical (unpaired) electrons. The molecule has 2 unspecified atom stereocenters. The van der Waals surface area contributed by atoms with Crippen LogP contribution in [0, 0.1) is 0 Å². The van der Waals surface area contributed by atoms with Gasteiger partial charge in [0.1, 0.15) is 12.9 Å². The number of carbonyl (C=O) groups excluding carboxylic acids is 1. The third-order valence-electron chi connectivity index (χ3n) is 4.48. The number of fused-ring (bicyclic) bond motifs is 2. The summed E-state index contributed by atoms with van der Waals surface area (Å²) in [5.41, 5.74) is 4.80. The molecule has 4 nitrogen and oxygen atoms in total. The van der Waals surface area contributed by atoms with Gasteiger partial charge in [-0.25, -0.2) is 0 Å². The van der Waals surface area contributed by atoms with E-state index in [2.05, 4.69) is 29.9 Å². The molecular weight excluding hydrogens is 322 g/mol. The van der Waals surface area contributed by atoms with Crippen LogP contribution >= 0.6 is 11.8 Å². The largest absolute Gasteiger partial charge is 0.427 e. The number of hydrogen-bond donors (Lipinski definition) is 0. The van der Waals surface area contributed by atoms with E-state index in [1.54, 1.807) is 7.11 Å². The van der Waals surface area contributed by atoms with E-state index in [9.17, 15) is 4.79 Å². The van der Waals surface area contributed by atoms with Crippen LogP contribution in [-0.4, -0.2) is 29.3 Å². The van der Waals surface area contributed by atoms with E-state index < -0.39 is 0 Å². The zero-order valence-electron chi connectivity index (χ0n) is 14.4. The molecule has 1 aromatic carbocycles. The summed E-state index contributed by atoms with van der Waals surface area (Å²) in [4.78, 5) is 16.3. The van der Waals surface area contributed by atoms with Gasteiger partial charge in [0.2, 0.25) is 0 Å². The number of allylic oxidation sites excluding steroid dienone is 1. The molecule has 0 aliphatic carbocycles. The highest BCUT2D eigenvalue weighted by molar-refractivity contribution is 8.01. The average molecular weight is 345 g/mol. The van der Waals surface area contributed by atoms with Gasteiger partial charge in [0.05, 0.1) is 5.71 Å². The van der Waals surface area contributed by atoms with Gasteiger partial charge in [0.15, 0.2) is 0 Å². The summed E-state index contributed by atoms with van der Waals surface area (Å²) in [5, 5.41) is 5.45. The van der Waals surface area contributed by atoms with E-state index in [0.717, 1.165) is 24.1 Å². The minimum absolute atomic E-state index is 0.296. The molecule has 0 aromatic heterocycles. The number of oxime groups is 1. The van der Waals surface area contributed by atoms with Crippen LogP contribution in [0.4, 0.5) is 0 Å². The number of thioether (sulfide) groups is 1. The molecule has 0 saturated carbocycles. The van der Waals surface area contributed by atoms with Crippen LogP contribution in [0.1, 0.15) is 45.1 Å². The van der Waals surface area contributed by atoms with Gasteiger partial charge in [-0.3, -0.25) is 4.79 Å². The van der Waals surface area contributed by atoms with Crippen molar-refractivity contribution in [2.45, 2.75) is 50.0 Å². The Morgan fingerprint density at radius 3 is 2.92 bits per heavy atom. The summed E-state index contributed by atoms with van der Waals surface area (Å²) in [5.74, 6) is 0.301. The molecule has 2 heterocycles. The minimum atomic E-state index is -0.296. The van der Waals surface area contributed by atoms with Crippen molar-refractivity contribution >= 4 is 29.0 Å². The molecule has 3 rings (SSSR count). The highest BCUT2D eigenvalue weighted by Crippen LogP contribution is 2.50. The van der Waals surface area contributed by atoms with E-state index in [0.29, 0.717) is 16.2 Å². The first-order chi connectivity index (χ1) is 11.6. The Morgan fingerprint density at radius 2 is 2.21 bits per heavy atom. The molecule has 0 amide bonds. The Balaban J connectivity index is 2.07. The lowest BCUT2D eigenvalue weighted by molar-refractivity contribution is -0.131. The Morgan fingerprint density at radius 1 is 1.38 bits per heavy atom. The summed E-state index contributed by atoms with van der Waals surface area (Å²) in [6, 6.07) is 7.83. The predicted octanol–water partition coefficient (Wildman–Crippen LogP) is 4.45. The topological polar surface area (TPSA) is 47.9 Å². The maximum absolute atomic E-state index is 11.2. The van der Waals surface area contributed by atoms with Crippen molar-refractivity contribution in [1.29, 1.82) is 0 Å². The molecule has 2 aliphatic rings. The van der Waals surface area contributed by atoms with E-state index in [-0.39, 0.29) is 5.97 Å². The Bertz CT molecular complexity index is 696. The fraction of sp³-hybridized carbons (Fsp3) is 0.474. The zero-order valence-corrected chi connectivity index (χ0v) is 15.2. The van der Waals surface area contributed by atoms with Crippen LogP contribution in [-0.2, 0) is 9.63 Å². The first kappa shape index (κ1) is 17.1. The van der Waals surface area contributed by atoms with Crippen molar-refractivity contribution in [3.8, 4) is 5.75 Å². The van der Waals surface area contributed by atoms with E-state index in [1.165, 1.54) is 30.9 Å². The monoisotopic (exact) mass is 345 g/mol. The maximum atomic E-state index is 11.2. The van der Waals surface area contributed by atoms with Crippen molar-refractivity contribution in [2.24, 2.45) is 5.16 Å². The fourth-order valence-corrected chi connectivity index (χ4v) is 5.25. The second kappa shape index (κ2) is 7.43. The molecule has 2 aliphatic heterocycles. The molecule has 1 saturated heterocycles. The first-order valence-electron chi connectivity index (χ1n) is 8.40. The van der Waals surface area contributed by atoms with Crippen LogP contribution in [0.5, 0.6) is 5.75 Å². The number of ether oxygens (including phenoxy) is 1. The lowest BCUT2D eigenvalue weighted by Gasteiger charge is -2.27. The van der Waals surface area contributed by atoms with Crippen LogP contribution in [0.15, 0.2) is 35.0 Å². The van der Waals surface area contributed by atoms with Crippen molar-refractivity contribution in [1.82, 2.24) is 0 Å². The Labute approximate surface area is 147 Å². The van der Waals surface area contributed by atoms with Gasteiger partial charge in [0.25, 0.3) is 0 Å². The highest BCUT2D eigenvalue weighted by Gasteiger charge is 2.37. The molecule has 1 fully saturated rings. The summed E-state index contributed by atoms with van der Waals surface area (Å²) in [6.45, 7) is 3.54. The summed E-state index contributed by atoms with van der Waals surface area (Å²) < 4.78 is 5.26. The van der Waals surface area contributed by atoms with E-state index in [1.807, 2.05) is 18.2 Å². The van der Waals surface area contributed by atoms with Crippen molar-refractivity contribution in [3.05, 3.63) is 35.4 Å². The SMILES string of the molecule is CCC(=NOC)C1=C(c2cccc(OC(C)=O)c2)CC2CCC1S2. The Hall–Kier alpha value is -1.75. The molecular formula is C19H23NO3S. The molecule has 0 N–H and O–H groups in total. The number of carbonyl (C=O) groups is 1. The lowest BCUT2D eigenvalue weighted by Crippen LogP contribution is -2.19. The van der Waals surface area contributed by atoms with Crippen LogP contribution in [0.2, 0.25) is 0 Å². The molecule has 0 spiro atoms. The summed E-state index contributed by atoms with van der Waals surface area (Å²) >= 11 is 2.06. The van der Waals surface area contributed by atoms with Crippen LogP contribution in [0.25, 0.3) is 5.57 Å². The maximum Gasteiger partial charge on any atom is 0.308 e. The van der Waals surface area contributed by atoms with Gasteiger partial charge in [-0.05, 0) is 54.5 Å². The summed E-state index contributed by atoms with van der Waals surface area (Å²) in [7, 11) is 1.60. The number of benzene rings is 1. The van der Waals surface area contributed by atoms with Crippen molar-refractivity contribution < 1.29 is 14.4 Å². The third-order valence-corrected chi connectivity index (χ3v) is 6.06. The van der Waals surface area contributed by atoms with Gasteiger partial charge in [-0.15, -0.1) is 11.8 Å². The standard InChI is InChI=1S/C19H23NO3S/c1-4-17(20-22-3)19-16(11-15-8-9-18(19)24-15)13-6-5-7-14(10-13)23-12(2)21/h5-7,10,15,18H,4,8-9,11H2,1-3H3. The number of rotatable bonds is 5. The third kappa shape index (κ3) is 3.51. The molecule has 2 bridgehead atoms. The van der Waals surface area contributed by atoms with Gasteiger partial charge < -0.3 is 9.57 Å². The molecule has 2 atom stereocenters. The van der Waals surface area contributed by atoms with Gasteiger partial charge in [-0.2, -0.15) is 0 Å². The summed E-state index contributed by atoms with van der Waals surface area (Å²) in [6.07, 6.45) is 4.32. The van der Waals surface area contributed by atoms with Gasteiger partial charge >= 0.3 is 5.97 Å². The van der Waals surface area contributed by atoms with Crippen molar-refractivity contribution in [3.63, 3.8) is 0 Å². The number of nitrogens with zero attached hydrogens (tertiary/aromatic N) is 1. The zero-order chi connectivity index (χ0) is 17.1. The number of hydrogen-bond acceptors (Lipinski definition) is 5. The first-order valence-corrected chi connectivity index (χ1v) is 9.34. The average Bonchev–Trinajstić information content (AvgIpc) is 2.94. The second-order valence-corrected chi connectivity index (χ2v) is 7.62. The molecule has 24 heavy (non-hydrogen) atoms. The van der Waals surface area contributed by atoms with Gasteiger partial charge in [0, 0.05) is 17.4 Å². The van der Waals surface area contributed by atoms with Crippen LogP contribution in [0.3, 0.4) is 0 Å². The fourth-order valence-electron chi connectivity index (χ4n) is 3.56.